The van der Waals surface area contributed by atoms with Gasteiger partial charge in [0.2, 0.25) is 0 Å². The van der Waals surface area contributed by atoms with Crippen LogP contribution in [0.4, 0.5) is 0 Å². The molecule has 516 valence electrons. The second-order valence-corrected chi connectivity index (χ2v) is 35.1. The molecule has 14 rings (SSSR count). The molecule has 0 unspecified atom stereocenters. The summed E-state index contributed by atoms with van der Waals surface area (Å²) < 4.78 is 49.9. The quantitative estimate of drug-likeness (QED) is 0.101. The van der Waals surface area contributed by atoms with Crippen molar-refractivity contribution in [2.24, 2.45) is 89.7 Å². The van der Waals surface area contributed by atoms with E-state index >= 15 is 0 Å². The first-order valence-corrected chi connectivity index (χ1v) is 35.6. The van der Waals surface area contributed by atoms with E-state index in [-0.39, 0.29) is 79.1 Å². The lowest BCUT2D eigenvalue weighted by molar-refractivity contribution is -0.278. The summed E-state index contributed by atoms with van der Waals surface area (Å²) in [5, 5.41) is 68.6. The van der Waals surface area contributed by atoms with Crippen molar-refractivity contribution in [1.82, 2.24) is 10.4 Å². The Labute approximate surface area is 543 Å². The van der Waals surface area contributed by atoms with Crippen molar-refractivity contribution in [2.45, 2.75) is 286 Å². The van der Waals surface area contributed by atoms with Crippen molar-refractivity contribution in [2.75, 3.05) is 46.5 Å². The maximum Gasteiger partial charge on any atom is 0.303 e. The van der Waals surface area contributed by atoms with Gasteiger partial charge in [0.1, 0.15) is 35.9 Å². The molecule has 0 radical (unpaired) electrons. The summed E-state index contributed by atoms with van der Waals surface area (Å²) in [6, 6.07) is 0. The van der Waals surface area contributed by atoms with Gasteiger partial charge >= 0.3 is 11.9 Å². The lowest BCUT2D eigenvalue weighted by Crippen LogP contribution is -2.60. The van der Waals surface area contributed by atoms with E-state index < -0.39 is 66.1 Å². The van der Waals surface area contributed by atoms with Crippen molar-refractivity contribution in [1.29, 1.82) is 0 Å². The molecule has 0 aromatic rings. The molecule has 0 amide bonds. The van der Waals surface area contributed by atoms with Gasteiger partial charge < -0.3 is 74.0 Å². The number of hydroxylamine groups is 2. The fraction of sp³-hybridized carbons (Fsp3) is 0.918. The Morgan fingerprint density at radius 3 is 1.36 bits per heavy atom. The molecule has 24 atom stereocenters. The molecule has 18 nitrogen and oxygen atoms in total. The minimum Gasteiger partial charge on any atom is -0.488 e. The van der Waals surface area contributed by atoms with Crippen LogP contribution >= 0.6 is 0 Å². The van der Waals surface area contributed by atoms with Gasteiger partial charge in [-0.05, 0) is 210 Å². The Balaban J connectivity index is 0.000000171. The zero-order valence-corrected chi connectivity index (χ0v) is 58.5. The van der Waals surface area contributed by atoms with E-state index in [2.05, 4.69) is 74.6 Å². The Hall–Kier alpha value is -2.46. The predicted octanol–water partition coefficient (Wildman–Crippen LogP) is 9.92. The number of nitrogens with zero attached hydrogens (tertiary/aromatic N) is 1. The number of hydrogen-bond acceptors (Lipinski definition) is 18. The molecular weight excluding hydrogens is 1160 g/mol. The number of morpholine rings is 2. The summed E-state index contributed by atoms with van der Waals surface area (Å²) in [4.78, 5) is 24.1. The Morgan fingerprint density at radius 1 is 0.582 bits per heavy atom. The number of carbonyl (C=O) groups is 2. The van der Waals surface area contributed by atoms with Gasteiger partial charge in [0.15, 0.2) is 24.8 Å². The highest BCUT2D eigenvalue weighted by Crippen LogP contribution is 2.91. The highest BCUT2D eigenvalue weighted by atomic mass is 16.7. The number of allylic oxidation sites excluding steroid dienone is 2. The molecule has 10 aliphatic carbocycles. The highest BCUT2D eigenvalue weighted by molar-refractivity contribution is 5.66. The molecule has 4 spiro atoms. The third-order valence-corrected chi connectivity index (χ3v) is 29.5. The second kappa shape index (κ2) is 22.8. The minimum absolute atomic E-state index is 0.0189. The number of aliphatic hydroxyl groups is 5. The van der Waals surface area contributed by atoms with E-state index in [1.54, 1.807) is 27.7 Å². The van der Waals surface area contributed by atoms with Crippen LogP contribution < -0.4 is 5.32 Å². The van der Waals surface area contributed by atoms with Crippen LogP contribution in [0.15, 0.2) is 22.7 Å². The summed E-state index contributed by atoms with van der Waals surface area (Å²) in [6.45, 7) is 36.8. The third kappa shape index (κ3) is 9.81. The minimum atomic E-state index is -1.28. The van der Waals surface area contributed by atoms with E-state index in [1.807, 2.05) is 0 Å². The molecule has 91 heavy (non-hydrogen) atoms. The molecular formula is C73H118N2O16. The normalized spacial score (nSPS) is 48.6. The monoisotopic (exact) mass is 1280 g/mol. The second-order valence-electron chi connectivity index (χ2n) is 35.1. The van der Waals surface area contributed by atoms with Crippen LogP contribution in [0.3, 0.4) is 0 Å². The molecule has 18 heteroatoms. The number of hydrogen-bond donors (Lipinski definition) is 7. The summed E-state index contributed by atoms with van der Waals surface area (Å²) >= 11 is 0. The zero-order valence-electron chi connectivity index (χ0n) is 58.5. The predicted molar refractivity (Wildman–Crippen MR) is 339 cm³/mol. The zero-order chi connectivity index (χ0) is 66.2. The summed E-state index contributed by atoms with van der Waals surface area (Å²) in [5.41, 5.74) is 0.00844. The molecule has 7 N–H and O–H groups in total. The molecule has 14 aliphatic rings. The Bertz CT molecular complexity index is 2860. The summed E-state index contributed by atoms with van der Waals surface area (Å²) in [7, 11) is 1.00. The number of esters is 2. The van der Waals surface area contributed by atoms with E-state index in [1.165, 1.54) is 68.6 Å². The summed E-state index contributed by atoms with van der Waals surface area (Å²) in [5.74, 6) is 2.75. The van der Waals surface area contributed by atoms with Crippen LogP contribution in [0.1, 0.15) is 214 Å². The van der Waals surface area contributed by atoms with Gasteiger partial charge in [-0.1, -0.05) is 69.2 Å². The maximum absolute atomic E-state index is 12.4. The molecule has 0 aromatic heterocycles. The van der Waals surface area contributed by atoms with Crippen molar-refractivity contribution >= 4 is 11.9 Å². The largest absolute Gasteiger partial charge is 0.488 e. The first-order chi connectivity index (χ1) is 42.4. The number of rotatable bonds is 10. The smallest absolute Gasteiger partial charge is 0.303 e. The van der Waals surface area contributed by atoms with Gasteiger partial charge in [-0.3, -0.25) is 9.59 Å². The molecule has 0 aromatic carbocycles. The van der Waals surface area contributed by atoms with Crippen LogP contribution in [-0.4, -0.2) is 167 Å². The Kier molecular flexibility index (Phi) is 17.2. The van der Waals surface area contributed by atoms with Crippen molar-refractivity contribution in [3.05, 3.63) is 22.7 Å². The van der Waals surface area contributed by atoms with E-state index in [4.69, 9.17) is 43.0 Å². The fourth-order valence-corrected chi connectivity index (χ4v) is 25.5. The molecule has 4 aliphatic heterocycles. The van der Waals surface area contributed by atoms with E-state index in [0.29, 0.717) is 79.7 Å². The average Bonchev–Trinajstić information content (AvgIpc) is 1.47. The van der Waals surface area contributed by atoms with Crippen molar-refractivity contribution < 1.29 is 78.2 Å². The molecule has 0 bridgehead atoms. The van der Waals surface area contributed by atoms with Crippen LogP contribution in [-0.2, 0) is 47.5 Å². The van der Waals surface area contributed by atoms with E-state index in [0.717, 1.165) is 71.6 Å². The van der Waals surface area contributed by atoms with Crippen molar-refractivity contribution in [3.63, 3.8) is 0 Å². The number of ether oxygens (including phenoxy) is 8. The van der Waals surface area contributed by atoms with Gasteiger partial charge in [0.25, 0.3) is 0 Å². The van der Waals surface area contributed by atoms with Crippen LogP contribution in [0.2, 0.25) is 0 Å². The van der Waals surface area contributed by atoms with Gasteiger partial charge in [-0.2, -0.15) is 5.06 Å². The lowest BCUT2D eigenvalue weighted by Gasteiger charge is -2.63. The van der Waals surface area contributed by atoms with Crippen molar-refractivity contribution in [3.8, 4) is 0 Å². The highest BCUT2D eigenvalue weighted by Gasteiger charge is 2.86. The van der Waals surface area contributed by atoms with Crippen LogP contribution in [0, 0.1) is 89.7 Å². The first-order valence-electron chi connectivity index (χ1n) is 35.6. The lowest BCUT2D eigenvalue weighted by atomic mass is 9.41. The topological polar surface area (TPSA) is 245 Å². The molecule has 10 fully saturated rings. The average molecular weight is 1280 g/mol. The number of fused-ring (bicyclic) bond motifs is 6. The number of carbonyl (C=O) groups excluding carboxylic acids is 2. The van der Waals surface area contributed by atoms with Gasteiger partial charge in [0.05, 0.1) is 43.2 Å². The van der Waals surface area contributed by atoms with Crippen LogP contribution in [0.25, 0.3) is 0 Å². The first kappa shape index (κ1) is 68.5. The van der Waals surface area contributed by atoms with Gasteiger partial charge in [0, 0.05) is 62.3 Å². The van der Waals surface area contributed by atoms with Crippen LogP contribution in [0.5, 0.6) is 0 Å². The van der Waals surface area contributed by atoms with Gasteiger partial charge in [-0.25, -0.2) is 0 Å². The third-order valence-electron chi connectivity index (χ3n) is 29.5. The molecule has 2 saturated heterocycles. The SMILES string of the molecule is CC(=O)O[C@@H]([C@H]1C[C@@H](C)C2=C(O1)[C@H](O)[C@@]1(C)[C@@H]3CC[C@H]4C(C)(C)[C@@H](O[C@H]5CN(O)CCO5)CC[C@@]45C[C@@]35CC[C@]21C)C(C)(C)O.CC(=O)O[C@@H]([C@H]1C[C@@H](C)C2=C(O1)[C@H](O)[C@@]1(C)[C@@H]3CC[C@H]4C(C)(C)[C@@H](O[C@H]5CNCCO5)CC[C@@]45C[C@@]35CC[C@]21C)C(C)(C)O.CO. The van der Waals surface area contributed by atoms with Gasteiger partial charge in [-0.15, -0.1) is 0 Å². The fourth-order valence-electron chi connectivity index (χ4n) is 25.5. The molecule has 4 heterocycles. The molecule has 8 saturated carbocycles. The maximum atomic E-state index is 12.4. The summed E-state index contributed by atoms with van der Waals surface area (Å²) in [6.07, 6.45) is 12.7. The number of nitrogens with one attached hydrogen (secondary N) is 1. The van der Waals surface area contributed by atoms with E-state index in [9.17, 15) is 35.2 Å². The Morgan fingerprint density at radius 2 is 0.978 bits per heavy atom. The number of aliphatic hydroxyl groups excluding tert-OH is 3. The standard InChI is InChI=1S/C36H57NO8.C36H57NO7.CH4O/c1-20-17-22(30(32(5,6)40)43-21(2)38)44-28-27(20)33(7)13-14-36-19-35(36)12-11-25(45-26-18-37(41)15-16-42-26)31(3,4)23(35)9-10-24(36)34(33,8)29(28)39;1-20-17-22(30(32(5,6)40)42-21(2)38)43-28-27(20)33(7)13-14-36-19-35(36)12-11-25(44-26-18-37-15-16-41-26)31(3,4)23(35)9-10-24(36)34(33,8)29(28)39;1-2/h20,22-26,29-30,39-41H,9-19H2,1-8H3;20,22-26,29-30,37,39-40H,9-19H2,1-8H3;2H,1H3/t2*20-,22-,23+,24+,25+,26+,29+,30+,33-,34-,35-,36+;/m11./s1.